The second-order valence-electron chi connectivity index (χ2n) is 3.76. The van der Waals surface area contributed by atoms with Crippen LogP contribution in [0, 0.1) is 0 Å². The third kappa shape index (κ3) is 4.00. The largest absolute Gasteiger partial charge is 0.492 e. The lowest BCUT2D eigenvalue weighted by atomic mass is 10.1. The first-order valence-corrected chi connectivity index (χ1v) is 5.81. The van der Waals surface area contributed by atoms with Gasteiger partial charge in [0.1, 0.15) is 5.75 Å². The third-order valence-electron chi connectivity index (χ3n) is 2.29. The molecule has 90 valence electrons. The highest BCUT2D eigenvalue weighted by Crippen LogP contribution is 2.27. The molecule has 0 aromatic heterocycles. The summed E-state index contributed by atoms with van der Waals surface area (Å²) in [6, 6.07) is 5.55. The zero-order valence-corrected chi connectivity index (χ0v) is 10.2. The lowest BCUT2D eigenvalue weighted by molar-refractivity contribution is 0.253. The summed E-state index contributed by atoms with van der Waals surface area (Å²) in [5.74, 6) is 0.670. The molecule has 0 aliphatic carbocycles. The Hall–Kier alpha value is -0.770. The Morgan fingerprint density at radius 3 is 2.75 bits per heavy atom. The van der Waals surface area contributed by atoms with Crippen molar-refractivity contribution in [1.82, 2.24) is 0 Å². The number of unbranched alkanes of at least 4 members (excludes halogenated alkanes) is 1. The van der Waals surface area contributed by atoms with Gasteiger partial charge in [-0.2, -0.15) is 0 Å². The van der Waals surface area contributed by atoms with Crippen molar-refractivity contribution in [2.24, 2.45) is 5.73 Å². The van der Waals surface area contributed by atoms with E-state index in [0.29, 0.717) is 17.4 Å². The van der Waals surface area contributed by atoms with E-state index in [1.807, 2.05) is 25.1 Å². The van der Waals surface area contributed by atoms with Gasteiger partial charge in [0.05, 0.1) is 11.6 Å². The molecule has 4 heteroatoms. The fourth-order valence-corrected chi connectivity index (χ4v) is 1.56. The maximum absolute atomic E-state index is 8.62. The molecule has 16 heavy (non-hydrogen) atoms. The van der Waals surface area contributed by atoms with Gasteiger partial charge in [-0.15, -0.1) is 0 Å². The van der Waals surface area contributed by atoms with Crippen molar-refractivity contribution in [1.29, 1.82) is 0 Å². The standard InChI is InChI=1S/C12H18ClNO2/c1-9(14)10-4-5-12(11(13)8-10)16-7-3-2-6-15/h4-5,8-9,15H,2-3,6-7,14H2,1H3/t9-/m1/s1. The summed E-state index contributed by atoms with van der Waals surface area (Å²) < 4.78 is 5.49. The van der Waals surface area contributed by atoms with Gasteiger partial charge in [-0.25, -0.2) is 0 Å². The molecule has 0 radical (unpaired) electrons. The molecule has 0 saturated carbocycles. The van der Waals surface area contributed by atoms with Gasteiger partial charge in [0.25, 0.3) is 0 Å². The van der Waals surface area contributed by atoms with E-state index < -0.39 is 0 Å². The minimum Gasteiger partial charge on any atom is -0.492 e. The summed E-state index contributed by atoms with van der Waals surface area (Å²) in [5.41, 5.74) is 6.74. The second kappa shape index (κ2) is 6.74. The molecular formula is C12H18ClNO2. The van der Waals surface area contributed by atoms with Gasteiger partial charge in [0, 0.05) is 12.6 Å². The lowest BCUT2D eigenvalue weighted by Gasteiger charge is -2.10. The zero-order chi connectivity index (χ0) is 12.0. The number of nitrogens with two attached hydrogens (primary N) is 1. The molecule has 1 aromatic carbocycles. The van der Waals surface area contributed by atoms with Crippen LogP contribution in [-0.4, -0.2) is 18.3 Å². The molecule has 0 fully saturated rings. The molecular weight excluding hydrogens is 226 g/mol. The fourth-order valence-electron chi connectivity index (χ4n) is 1.31. The first-order chi connectivity index (χ1) is 7.65. The quantitative estimate of drug-likeness (QED) is 0.755. The highest BCUT2D eigenvalue weighted by atomic mass is 35.5. The molecule has 3 nitrogen and oxygen atoms in total. The van der Waals surface area contributed by atoms with Gasteiger partial charge in [0.15, 0.2) is 0 Å². The van der Waals surface area contributed by atoms with Crippen molar-refractivity contribution in [3.05, 3.63) is 28.8 Å². The molecule has 0 saturated heterocycles. The predicted octanol–water partition coefficient (Wildman–Crippen LogP) is 2.51. The SMILES string of the molecule is C[C@@H](N)c1ccc(OCCCCO)c(Cl)c1. The van der Waals surface area contributed by atoms with Crippen LogP contribution in [0.2, 0.25) is 5.02 Å². The molecule has 0 amide bonds. The van der Waals surface area contributed by atoms with Crippen LogP contribution >= 0.6 is 11.6 Å². The van der Waals surface area contributed by atoms with Crippen LogP contribution in [0.1, 0.15) is 31.4 Å². The third-order valence-corrected chi connectivity index (χ3v) is 2.59. The summed E-state index contributed by atoms with van der Waals surface area (Å²) in [6.07, 6.45) is 1.57. The summed E-state index contributed by atoms with van der Waals surface area (Å²) in [7, 11) is 0. The zero-order valence-electron chi connectivity index (χ0n) is 9.45. The molecule has 1 rings (SSSR count). The fraction of sp³-hybridized carbons (Fsp3) is 0.500. The van der Waals surface area contributed by atoms with E-state index in [-0.39, 0.29) is 12.6 Å². The Bertz CT molecular complexity index is 329. The Morgan fingerprint density at radius 1 is 1.44 bits per heavy atom. The highest BCUT2D eigenvalue weighted by Gasteiger charge is 2.05. The highest BCUT2D eigenvalue weighted by molar-refractivity contribution is 6.32. The van der Waals surface area contributed by atoms with Crippen LogP contribution in [0.3, 0.4) is 0 Å². The van der Waals surface area contributed by atoms with E-state index in [4.69, 9.17) is 27.2 Å². The summed E-state index contributed by atoms with van der Waals surface area (Å²) in [4.78, 5) is 0. The van der Waals surface area contributed by atoms with Crippen LogP contribution < -0.4 is 10.5 Å². The first kappa shape index (κ1) is 13.3. The number of aliphatic hydroxyl groups is 1. The van der Waals surface area contributed by atoms with Gasteiger partial charge in [-0.05, 0) is 37.5 Å². The van der Waals surface area contributed by atoms with Crippen LogP contribution in [0.25, 0.3) is 0 Å². The Kier molecular flexibility index (Phi) is 5.60. The molecule has 3 N–H and O–H groups in total. The molecule has 0 heterocycles. The smallest absolute Gasteiger partial charge is 0.137 e. The van der Waals surface area contributed by atoms with Crippen molar-refractivity contribution < 1.29 is 9.84 Å². The van der Waals surface area contributed by atoms with Crippen molar-refractivity contribution >= 4 is 11.6 Å². The monoisotopic (exact) mass is 243 g/mol. The number of hydrogen-bond donors (Lipinski definition) is 2. The van der Waals surface area contributed by atoms with E-state index in [9.17, 15) is 0 Å². The van der Waals surface area contributed by atoms with Crippen molar-refractivity contribution in [3.8, 4) is 5.75 Å². The topological polar surface area (TPSA) is 55.5 Å². The van der Waals surface area contributed by atoms with E-state index in [2.05, 4.69) is 0 Å². The molecule has 1 aromatic rings. The van der Waals surface area contributed by atoms with Crippen molar-refractivity contribution in [3.63, 3.8) is 0 Å². The molecule has 0 spiro atoms. The summed E-state index contributed by atoms with van der Waals surface area (Å²) in [5, 5.41) is 9.20. The second-order valence-corrected chi connectivity index (χ2v) is 4.16. The average molecular weight is 244 g/mol. The van der Waals surface area contributed by atoms with Crippen molar-refractivity contribution in [2.45, 2.75) is 25.8 Å². The van der Waals surface area contributed by atoms with Gasteiger partial charge in [-0.3, -0.25) is 0 Å². The van der Waals surface area contributed by atoms with Crippen LogP contribution in [0.15, 0.2) is 18.2 Å². The average Bonchev–Trinajstić information content (AvgIpc) is 2.26. The van der Waals surface area contributed by atoms with Gasteiger partial charge in [-0.1, -0.05) is 17.7 Å². The number of rotatable bonds is 6. The first-order valence-electron chi connectivity index (χ1n) is 5.44. The Balaban J connectivity index is 2.54. The number of hydrogen-bond acceptors (Lipinski definition) is 3. The van der Waals surface area contributed by atoms with Gasteiger partial charge < -0.3 is 15.6 Å². The molecule has 0 bridgehead atoms. The minimum atomic E-state index is -0.0269. The molecule has 0 aliphatic heterocycles. The molecule has 1 atom stereocenters. The van der Waals surface area contributed by atoms with Crippen LogP contribution in [0.4, 0.5) is 0 Å². The van der Waals surface area contributed by atoms with E-state index >= 15 is 0 Å². The molecule has 0 unspecified atom stereocenters. The number of aliphatic hydroxyl groups excluding tert-OH is 1. The van der Waals surface area contributed by atoms with Crippen LogP contribution in [0.5, 0.6) is 5.75 Å². The summed E-state index contributed by atoms with van der Waals surface area (Å²) >= 11 is 6.06. The van der Waals surface area contributed by atoms with Gasteiger partial charge >= 0.3 is 0 Å². The lowest BCUT2D eigenvalue weighted by Crippen LogP contribution is -2.05. The van der Waals surface area contributed by atoms with E-state index in [0.717, 1.165) is 18.4 Å². The number of ether oxygens (including phenoxy) is 1. The van der Waals surface area contributed by atoms with E-state index in [1.165, 1.54) is 0 Å². The number of halogens is 1. The maximum Gasteiger partial charge on any atom is 0.137 e. The van der Waals surface area contributed by atoms with Crippen molar-refractivity contribution in [2.75, 3.05) is 13.2 Å². The molecule has 0 aliphatic rings. The van der Waals surface area contributed by atoms with E-state index in [1.54, 1.807) is 0 Å². The van der Waals surface area contributed by atoms with Crippen LogP contribution in [-0.2, 0) is 0 Å². The number of benzene rings is 1. The Morgan fingerprint density at radius 2 is 2.19 bits per heavy atom. The predicted molar refractivity (Wildman–Crippen MR) is 65.9 cm³/mol. The maximum atomic E-state index is 8.62. The van der Waals surface area contributed by atoms with Gasteiger partial charge in [0.2, 0.25) is 0 Å². The summed E-state index contributed by atoms with van der Waals surface area (Å²) in [6.45, 7) is 2.67. The minimum absolute atomic E-state index is 0.0269. The normalized spacial score (nSPS) is 12.5. The Labute approximate surface area is 101 Å².